The van der Waals surface area contributed by atoms with Gasteiger partial charge in [-0.1, -0.05) is 23.9 Å². The van der Waals surface area contributed by atoms with Crippen LogP contribution in [0.5, 0.6) is 0 Å². The minimum Gasteiger partial charge on any atom is -0.325 e. The molecule has 1 amide bonds. The largest absolute Gasteiger partial charge is 0.325 e. The van der Waals surface area contributed by atoms with Gasteiger partial charge in [0.2, 0.25) is 0 Å². The molecule has 1 aromatic carbocycles. The first-order chi connectivity index (χ1) is 9.76. The molecule has 1 aliphatic rings. The molecule has 1 saturated heterocycles. The van der Waals surface area contributed by atoms with Crippen molar-refractivity contribution < 1.29 is 9.63 Å². The molecule has 0 aliphatic carbocycles. The van der Waals surface area contributed by atoms with Crippen LogP contribution in [0.2, 0.25) is 0 Å². The molecule has 20 heavy (non-hydrogen) atoms. The zero-order valence-corrected chi connectivity index (χ0v) is 11.6. The van der Waals surface area contributed by atoms with Crippen LogP contribution in [0.25, 0.3) is 17.0 Å². The van der Waals surface area contributed by atoms with Crippen LogP contribution in [0.1, 0.15) is 5.56 Å². The number of carbonyl (C=O) groups excluding carboxylic acids is 1. The van der Waals surface area contributed by atoms with Crippen LogP contribution in [0, 0.1) is 0 Å². The van der Waals surface area contributed by atoms with E-state index in [0.29, 0.717) is 4.91 Å². The molecule has 3 rings (SSSR count). The summed E-state index contributed by atoms with van der Waals surface area (Å²) in [6.07, 6.45) is 3.63. The molecule has 1 unspecified atom stereocenters. The Bertz CT molecular complexity index is 687. The number of amides is 1. The lowest BCUT2D eigenvalue weighted by Gasteiger charge is -2.06. The van der Waals surface area contributed by atoms with Crippen LogP contribution in [0.3, 0.4) is 0 Å². The second-order valence-corrected chi connectivity index (χ2v) is 5.40. The summed E-state index contributed by atoms with van der Waals surface area (Å²) in [7, 11) is 1.52. The quantitative estimate of drug-likeness (QED) is 0.666. The minimum absolute atomic E-state index is 0.101. The number of fused-ring (bicyclic) bond motifs is 1. The van der Waals surface area contributed by atoms with E-state index in [1.807, 2.05) is 36.4 Å². The van der Waals surface area contributed by atoms with E-state index in [0.717, 1.165) is 16.5 Å². The predicted octanol–water partition coefficient (Wildman–Crippen LogP) is 1.87. The van der Waals surface area contributed by atoms with Crippen molar-refractivity contribution in [1.82, 2.24) is 15.8 Å². The van der Waals surface area contributed by atoms with E-state index in [1.165, 1.54) is 18.9 Å². The number of thioether (sulfide) groups is 1. The third-order valence-electron chi connectivity index (χ3n) is 2.88. The lowest BCUT2D eigenvalue weighted by atomic mass is 10.1. The molecule has 0 bridgehead atoms. The Morgan fingerprint density at radius 1 is 1.45 bits per heavy atom. The van der Waals surface area contributed by atoms with Gasteiger partial charge < -0.3 is 10.2 Å². The Labute approximate surface area is 120 Å². The Hall–Kier alpha value is -1.89. The molecule has 0 radical (unpaired) electrons. The van der Waals surface area contributed by atoms with E-state index in [-0.39, 0.29) is 11.4 Å². The van der Waals surface area contributed by atoms with E-state index < -0.39 is 0 Å². The maximum absolute atomic E-state index is 11.8. The van der Waals surface area contributed by atoms with Crippen molar-refractivity contribution >= 4 is 34.6 Å². The maximum Gasteiger partial charge on any atom is 0.259 e. The summed E-state index contributed by atoms with van der Waals surface area (Å²) < 4.78 is 0. The van der Waals surface area contributed by atoms with Crippen LogP contribution < -0.4 is 10.8 Å². The van der Waals surface area contributed by atoms with Gasteiger partial charge in [-0.25, -0.2) is 0 Å². The molecule has 1 fully saturated rings. The highest BCUT2D eigenvalue weighted by molar-refractivity contribution is 8.05. The van der Waals surface area contributed by atoms with E-state index in [4.69, 9.17) is 4.84 Å². The normalized spacial score (nSPS) is 20.6. The van der Waals surface area contributed by atoms with Gasteiger partial charge in [0.15, 0.2) is 5.50 Å². The Morgan fingerprint density at radius 3 is 3.20 bits per heavy atom. The Kier molecular flexibility index (Phi) is 3.68. The minimum atomic E-state index is -0.249. The van der Waals surface area contributed by atoms with Crippen LogP contribution in [0.15, 0.2) is 41.4 Å². The average Bonchev–Trinajstić information content (AvgIpc) is 2.79. The zero-order chi connectivity index (χ0) is 13.9. The zero-order valence-electron chi connectivity index (χ0n) is 10.8. The fourth-order valence-corrected chi connectivity index (χ4v) is 2.93. The highest BCUT2D eigenvalue weighted by Crippen LogP contribution is 2.28. The van der Waals surface area contributed by atoms with Crippen molar-refractivity contribution in [2.45, 2.75) is 5.50 Å². The summed E-state index contributed by atoms with van der Waals surface area (Å²) in [6.45, 7) is 0. The number of nitrogens with one attached hydrogen (secondary N) is 2. The molecule has 2 N–H and O–H groups in total. The van der Waals surface area contributed by atoms with Crippen LogP contribution in [0.4, 0.5) is 0 Å². The predicted molar refractivity (Wildman–Crippen MR) is 79.4 cm³/mol. The van der Waals surface area contributed by atoms with Gasteiger partial charge in [0.25, 0.3) is 5.91 Å². The molecule has 6 heteroatoms. The van der Waals surface area contributed by atoms with Gasteiger partial charge in [0.05, 0.1) is 17.5 Å². The molecule has 2 aromatic rings. The summed E-state index contributed by atoms with van der Waals surface area (Å²) in [4.78, 5) is 21.6. The van der Waals surface area contributed by atoms with Gasteiger partial charge in [-0.3, -0.25) is 9.78 Å². The summed E-state index contributed by atoms with van der Waals surface area (Å²) in [5.74, 6) is -0.101. The second-order valence-electron chi connectivity index (χ2n) is 4.26. The lowest BCUT2D eigenvalue weighted by Crippen LogP contribution is -2.36. The standard InChI is InChI=1S/C14H13N3O2S/c1-19-17-14-16-13(18)12(20-14)8-9-4-5-11-10(7-9)3-2-6-15-11/h2-8,14,17H,1H3,(H,16,18)/b12-8-. The van der Waals surface area contributed by atoms with Crippen molar-refractivity contribution in [3.8, 4) is 0 Å². The topological polar surface area (TPSA) is 63.2 Å². The average molecular weight is 287 g/mol. The van der Waals surface area contributed by atoms with Gasteiger partial charge in [-0.2, -0.15) is 5.48 Å². The number of nitrogens with zero attached hydrogens (tertiary/aromatic N) is 1. The van der Waals surface area contributed by atoms with Gasteiger partial charge in [-0.15, -0.1) is 0 Å². The van der Waals surface area contributed by atoms with Crippen molar-refractivity contribution in [2.75, 3.05) is 7.11 Å². The van der Waals surface area contributed by atoms with Crippen molar-refractivity contribution in [1.29, 1.82) is 0 Å². The molecule has 1 atom stereocenters. The highest BCUT2D eigenvalue weighted by Gasteiger charge is 2.26. The summed E-state index contributed by atoms with van der Waals surface area (Å²) in [6, 6.07) is 9.81. The molecule has 5 nitrogen and oxygen atoms in total. The fraction of sp³-hybridized carbons (Fsp3) is 0.143. The monoisotopic (exact) mass is 287 g/mol. The van der Waals surface area contributed by atoms with E-state index in [9.17, 15) is 4.79 Å². The number of benzene rings is 1. The lowest BCUT2D eigenvalue weighted by molar-refractivity contribution is -0.117. The van der Waals surface area contributed by atoms with Crippen LogP contribution in [-0.2, 0) is 9.63 Å². The number of hydroxylamine groups is 1. The van der Waals surface area contributed by atoms with Crippen molar-refractivity contribution in [2.24, 2.45) is 0 Å². The van der Waals surface area contributed by atoms with Crippen molar-refractivity contribution in [3.05, 3.63) is 47.0 Å². The molecule has 0 spiro atoms. The fourth-order valence-electron chi connectivity index (χ4n) is 2.00. The SMILES string of the molecule is CONC1NC(=O)/C(=C/c2ccc3ncccc3c2)S1. The Balaban J connectivity index is 1.88. The second kappa shape index (κ2) is 5.62. The first-order valence-electron chi connectivity index (χ1n) is 6.09. The highest BCUT2D eigenvalue weighted by atomic mass is 32.2. The molecule has 102 valence electrons. The number of hydrogen-bond donors (Lipinski definition) is 2. The van der Waals surface area contributed by atoms with Gasteiger partial charge >= 0.3 is 0 Å². The number of carbonyl (C=O) groups is 1. The Morgan fingerprint density at radius 2 is 2.35 bits per heavy atom. The van der Waals surface area contributed by atoms with Crippen LogP contribution in [-0.4, -0.2) is 23.5 Å². The first kappa shape index (κ1) is 13.1. The van der Waals surface area contributed by atoms with E-state index in [1.54, 1.807) is 6.20 Å². The molecule has 1 aromatic heterocycles. The van der Waals surface area contributed by atoms with E-state index >= 15 is 0 Å². The summed E-state index contributed by atoms with van der Waals surface area (Å²) >= 11 is 1.39. The maximum atomic E-state index is 11.8. The summed E-state index contributed by atoms with van der Waals surface area (Å²) in [5, 5.41) is 3.82. The molecule has 0 saturated carbocycles. The summed E-state index contributed by atoms with van der Waals surface area (Å²) in [5.41, 5.74) is 4.37. The first-order valence-corrected chi connectivity index (χ1v) is 6.97. The third-order valence-corrected chi connectivity index (χ3v) is 3.89. The number of pyridine rings is 1. The van der Waals surface area contributed by atoms with Gasteiger partial charge in [0, 0.05) is 11.6 Å². The van der Waals surface area contributed by atoms with Crippen molar-refractivity contribution in [3.63, 3.8) is 0 Å². The third kappa shape index (κ3) is 2.67. The molecule has 1 aliphatic heterocycles. The molecular formula is C14H13N3O2S. The number of hydrogen-bond acceptors (Lipinski definition) is 5. The number of rotatable bonds is 3. The van der Waals surface area contributed by atoms with E-state index in [2.05, 4.69) is 15.8 Å². The smallest absolute Gasteiger partial charge is 0.259 e. The van der Waals surface area contributed by atoms with Crippen LogP contribution >= 0.6 is 11.8 Å². The van der Waals surface area contributed by atoms with Gasteiger partial charge in [0.1, 0.15) is 0 Å². The number of aromatic nitrogens is 1. The van der Waals surface area contributed by atoms with Gasteiger partial charge in [-0.05, 0) is 29.8 Å². The molecular weight excluding hydrogens is 274 g/mol. The molecule has 2 heterocycles.